The second kappa shape index (κ2) is 7.24. The number of likely N-dealkylation sites (tertiary alicyclic amines) is 1. The fourth-order valence-corrected chi connectivity index (χ4v) is 3.35. The molecule has 2 fully saturated rings. The van der Waals surface area contributed by atoms with E-state index in [1.165, 1.54) is 25.7 Å². The third-order valence-electron chi connectivity index (χ3n) is 4.84. The highest BCUT2D eigenvalue weighted by molar-refractivity contribution is 5.93. The molecule has 6 heteroatoms. The molecular weight excluding hydrogens is 278 g/mol. The molecule has 6 nitrogen and oxygen atoms in total. The van der Waals surface area contributed by atoms with Crippen molar-refractivity contribution in [3.8, 4) is 0 Å². The molecule has 3 rings (SSSR count). The molecule has 1 aromatic heterocycles. The highest BCUT2D eigenvalue weighted by atomic mass is 16.2. The zero-order valence-corrected chi connectivity index (χ0v) is 13.4. The minimum Gasteiger partial charge on any atom is -0.315 e. The number of rotatable bonds is 4. The molecule has 3 heterocycles. The SMILES string of the molecule is C[C@@H](C(=O)Nc1ccn([C@H]2CCNC2)n1)N1CCCCCC1. The van der Waals surface area contributed by atoms with Crippen molar-refractivity contribution in [2.45, 2.75) is 51.1 Å². The standard InChI is InChI=1S/C16H27N5O/c1-13(20-9-4-2-3-5-10-20)16(22)18-15-7-11-21(19-15)14-6-8-17-12-14/h7,11,13-14,17H,2-6,8-10,12H2,1H3,(H,18,19,22)/t13-,14-/m0/s1. The third kappa shape index (κ3) is 3.67. The maximum absolute atomic E-state index is 12.4. The van der Waals surface area contributed by atoms with Gasteiger partial charge >= 0.3 is 0 Å². The lowest BCUT2D eigenvalue weighted by Gasteiger charge is -2.26. The monoisotopic (exact) mass is 305 g/mol. The summed E-state index contributed by atoms with van der Waals surface area (Å²) in [7, 11) is 0. The van der Waals surface area contributed by atoms with Crippen LogP contribution in [-0.4, -0.2) is 52.8 Å². The Bertz CT molecular complexity index is 486. The number of nitrogens with one attached hydrogen (secondary N) is 2. The lowest BCUT2D eigenvalue weighted by atomic mass is 10.2. The van der Waals surface area contributed by atoms with Gasteiger partial charge < -0.3 is 10.6 Å². The first-order valence-electron chi connectivity index (χ1n) is 8.55. The number of amides is 1. The van der Waals surface area contributed by atoms with Crippen LogP contribution in [0, 0.1) is 0 Å². The van der Waals surface area contributed by atoms with Gasteiger partial charge in [-0.2, -0.15) is 5.10 Å². The highest BCUT2D eigenvalue weighted by Gasteiger charge is 2.23. The van der Waals surface area contributed by atoms with Crippen LogP contribution >= 0.6 is 0 Å². The molecule has 0 radical (unpaired) electrons. The fourth-order valence-electron chi connectivity index (χ4n) is 3.35. The molecule has 0 spiro atoms. The molecule has 2 aliphatic heterocycles. The van der Waals surface area contributed by atoms with Crippen LogP contribution < -0.4 is 10.6 Å². The molecule has 0 aromatic carbocycles. The van der Waals surface area contributed by atoms with E-state index in [0.29, 0.717) is 11.9 Å². The van der Waals surface area contributed by atoms with E-state index in [1.807, 2.05) is 23.9 Å². The second-order valence-corrected chi connectivity index (χ2v) is 6.44. The average Bonchev–Trinajstić information content (AvgIpc) is 3.13. The number of nitrogens with zero attached hydrogens (tertiary/aromatic N) is 3. The maximum Gasteiger partial charge on any atom is 0.242 e. The molecule has 122 valence electrons. The normalized spacial score (nSPS) is 24.9. The van der Waals surface area contributed by atoms with Crippen molar-refractivity contribution < 1.29 is 4.79 Å². The summed E-state index contributed by atoms with van der Waals surface area (Å²) >= 11 is 0. The molecule has 0 bridgehead atoms. The van der Waals surface area contributed by atoms with Gasteiger partial charge in [-0.15, -0.1) is 0 Å². The van der Waals surface area contributed by atoms with E-state index in [9.17, 15) is 4.79 Å². The van der Waals surface area contributed by atoms with Crippen LogP contribution in [-0.2, 0) is 4.79 Å². The van der Waals surface area contributed by atoms with Crippen molar-refractivity contribution in [1.82, 2.24) is 20.0 Å². The molecule has 0 aliphatic carbocycles. The van der Waals surface area contributed by atoms with Crippen LogP contribution in [0.4, 0.5) is 5.82 Å². The Kier molecular flexibility index (Phi) is 5.10. The Hall–Kier alpha value is -1.40. The Morgan fingerprint density at radius 1 is 1.36 bits per heavy atom. The summed E-state index contributed by atoms with van der Waals surface area (Å²) in [5, 5.41) is 10.8. The van der Waals surface area contributed by atoms with Gasteiger partial charge in [0.05, 0.1) is 12.1 Å². The number of anilines is 1. The van der Waals surface area contributed by atoms with Crippen LogP contribution in [0.15, 0.2) is 12.3 Å². The molecule has 22 heavy (non-hydrogen) atoms. The van der Waals surface area contributed by atoms with E-state index in [4.69, 9.17) is 0 Å². The van der Waals surface area contributed by atoms with Crippen molar-refractivity contribution in [3.63, 3.8) is 0 Å². The number of aromatic nitrogens is 2. The molecule has 0 saturated carbocycles. The van der Waals surface area contributed by atoms with Gasteiger partial charge in [0.15, 0.2) is 5.82 Å². The topological polar surface area (TPSA) is 62.2 Å². The molecule has 2 saturated heterocycles. The van der Waals surface area contributed by atoms with Gasteiger partial charge in [0.1, 0.15) is 0 Å². The molecule has 2 atom stereocenters. The van der Waals surface area contributed by atoms with Crippen LogP contribution in [0.2, 0.25) is 0 Å². The molecule has 2 aliphatic rings. The Morgan fingerprint density at radius 2 is 2.14 bits per heavy atom. The Balaban J connectivity index is 1.56. The predicted octanol–water partition coefficient (Wildman–Crippen LogP) is 1.62. The highest BCUT2D eigenvalue weighted by Crippen LogP contribution is 2.17. The van der Waals surface area contributed by atoms with E-state index >= 15 is 0 Å². The smallest absolute Gasteiger partial charge is 0.242 e. The van der Waals surface area contributed by atoms with Crippen LogP contribution in [0.3, 0.4) is 0 Å². The van der Waals surface area contributed by atoms with Gasteiger partial charge in [0.2, 0.25) is 5.91 Å². The summed E-state index contributed by atoms with van der Waals surface area (Å²) in [4.78, 5) is 14.7. The van der Waals surface area contributed by atoms with Crippen molar-refractivity contribution in [2.24, 2.45) is 0 Å². The molecule has 0 unspecified atom stereocenters. The number of hydrogen-bond acceptors (Lipinski definition) is 4. The van der Waals surface area contributed by atoms with E-state index in [1.54, 1.807) is 0 Å². The van der Waals surface area contributed by atoms with E-state index in [2.05, 4.69) is 20.6 Å². The van der Waals surface area contributed by atoms with Crippen LogP contribution in [0.5, 0.6) is 0 Å². The van der Waals surface area contributed by atoms with Gasteiger partial charge in [-0.25, -0.2) is 0 Å². The summed E-state index contributed by atoms with van der Waals surface area (Å²) in [6.45, 7) is 6.05. The number of carbonyl (C=O) groups is 1. The zero-order valence-electron chi connectivity index (χ0n) is 13.4. The average molecular weight is 305 g/mol. The van der Waals surface area contributed by atoms with E-state index < -0.39 is 0 Å². The van der Waals surface area contributed by atoms with Crippen molar-refractivity contribution >= 4 is 11.7 Å². The van der Waals surface area contributed by atoms with Crippen LogP contribution in [0.1, 0.15) is 45.1 Å². The van der Waals surface area contributed by atoms with Crippen molar-refractivity contribution in [1.29, 1.82) is 0 Å². The first-order valence-corrected chi connectivity index (χ1v) is 8.55. The quantitative estimate of drug-likeness (QED) is 0.887. The summed E-state index contributed by atoms with van der Waals surface area (Å²) < 4.78 is 1.96. The first kappa shape index (κ1) is 15.5. The summed E-state index contributed by atoms with van der Waals surface area (Å²) in [6.07, 6.45) is 8.01. The van der Waals surface area contributed by atoms with Crippen LogP contribution in [0.25, 0.3) is 0 Å². The zero-order chi connectivity index (χ0) is 15.4. The number of hydrogen-bond donors (Lipinski definition) is 2. The maximum atomic E-state index is 12.4. The second-order valence-electron chi connectivity index (χ2n) is 6.44. The van der Waals surface area contributed by atoms with Gasteiger partial charge in [-0.3, -0.25) is 14.4 Å². The molecule has 1 amide bonds. The summed E-state index contributed by atoms with van der Waals surface area (Å²) in [5.41, 5.74) is 0. The van der Waals surface area contributed by atoms with Crippen molar-refractivity contribution in [3.05, 3.63) is 12.3 Å². The van der Waals surface area contributed by atoms with Gasteiger partial charge in [-0.1, -0.05) is 12.8 Å². The minimum absolute atomic E-state index is 0.0525. The van der Waals surface area contributed by atoms with Gasteiger partial charge in [-0.05, 0) is 45.8 Å². The molecule has 2 N–H and O–H groups in total. The van der Waals surface area contributed by atoms with Crippen molar-refractivity contribution in [2.75, 3.05) is 31.5 Å². The summed E-state index contributed by atoms with van der Waals surface area (Å²) in [5.74, 6) is 0.718. The number of carbonyl (C=O) groups excluding carboxylic acids is 1. The molecule has 1 aromatic rings. The summed E-state index contributed by atoms with van der Waals surface area (Å²) in [6, 6.07) is 2.22. The predicted molar refractivity (Wildman–Crippen MR) is 86.9 cm³/mol. The fraction of sp³-hybridized carbons (Fsp3) is 0.750. The van der Waals surface area contributed by atoms with E-state index in [0.717, 1.165) is 32.6 Å². The van der Waals surface area contributed by atoms with Gasteiger partial charge in [0, 0.05) is 18.8 Å². The lowest BCUT2D eigenvalue weighted by molar-refractivity contribution is -0.120. The first-order chi connectivity index (χ1) is 10.7. The minimum atomic E-state index is -0.0867. The molecular formula is C16H27N5O. The Labute approximate surface area is 132 Å². The largest absolute Gasteiger partial charge is 0.315 e. The van der Waals surface area contributed by atoms with E-state index in [-0.39, 0.29) is 11.9 Å². The van der Waals surface area contributed by atoms with Gasteiger partial charge in [0.25, 0.3) is 0 Å². The Morgan fingerprint density at radius 3 is 2.82 bits per heavy atom. The third-order valence-corrected chi connectivity index (χ3v) is 4.84. The lowest BCUT2D eigenvalue weighted by Crippen LogP contribution is -2.42.